The summed E-state index contributed by atoms with van der Waals surface area (Å²) in [5.74, 6) is -1.39. The zero-order valence-electron chi connectivity index (χ0n) is 12.9. The second-order valence-electron chi connectivity index (χ2n) is 4.97. The first-order chi connectivity index (χ1) is 11.9. The third-order valence-corrected chi connectivity index (χ3v) is 3.60. The third kappa shape index (κ3) is 4.92. The highest BCUT2D eigenvalue weighted by Crippen LogP contribution is 2.22. The number of rotatable bonds is 6. The molecular weight excluding hydrogens is 350 g/mol. The molecule has 2 rings (SSSR count). The van der Waals surface area contributed by atoms with Crippen LogP contribution in [0.5, 0.6) is 0 Å². The van der Waals surface area contributed by atoms with Crippen LogP contribution in [-0.4, -0.2) is 23.4 Å². The van der Waals surface area contributed by atoms with Crippen LogP contribution < -0.4 is 11.1 Å². The number of nitrogen functional groups attached to an aromatic ring is 1. The molecule has 2 aromatic carbocycles. The summed E-state index contributed by atoms with van der Waals surface area (Å²) in [6.45, 7) is -0.342. The van der Waals surface area contributed by atoms with E-state index in [-0.39, 0.29) is 17.8 Å². The molecule has 0 aliphatic rings. The van der Waals surface area contributed by atoms with Gasteiger partial charge in [-0.05, 0) is 23.8 Å². The minimum absolute atomic E-state index is 0.0696. The molecule has 0 fully saturated rings. The van der Waals surface area contributed by atoms with E-state index in [0.29, 0.717) is 5.02 Å². The molecule has 0 heterocycles. The highest BCUT2D eigenvalue weighted by atomic mass is 35.5. The summed E-state index contributed by atoms with van der Waals surface area (Å²) in [5, 5.41) is 13.9. The Kier molecular flexibility index (Phi) is 5.91. The van der Waals surface area contributed by atoms with Crippen LogP contribution in [0.15, 0.2) is 42.5 Å². The lowest BCUT2D eigenvalue weighted by Crippen LogP contribution is -2.28. The second kappa shape index (κ2) is 8.11. The summed E-state index contributed by atoms with van der Waals surface area (Å²) in [6.07, 6.45) is 0. The number of ether oxygens (including phenoxy) is 1. The van der Waals surface area contributed by atoms with Crippen LogP contribution in [0.3, 0.4) is 0 Å². The SMILES string of the molecule is Nc1ccc(C(=O)OCC(=O)NCc2ccccc2Cl)cc1[N+](=O)[O-]. The number of nitro benzene ring substituents is 1. The minimum atomic E-state index is -0.865. The Hall–Kier alpha value is -3.13. The Balaban J connectivity index is 1.89. The number of hydrogen-bond acceptors (Lipinski definition) is 6. The Morgan fingerprint density at radius 2 is 1.96 bits per heavy atom. The predicted molar refractivity (Wildman–Crippen MR) is 91.1 cm³/mol. The highest BCUT2D eigenvalue weighted by molar-refractivity contribution is 6.31. The van der Waals surface area contributed by atoms with Crippen LogP contribution in [0.4, 0.5) is 11.4 Å². The quantitative estimate of drug-likeness (QED) is 0.351. The fourth-order valence-electron chi connectivity index (χ4n) is 1.93. The summed E-state index contributed by atoms with van der Waals surface area (Å²) >= 11 is 5.97. The molecule has 0 unspecified atom stereocenters. The van der Waals surface area contributed by atoms with E-state index in [2.05, 4.69) is 5.32 Å². The molecule has 25 heavy (non-hydrogen) atoms. The summed E-state index contributed by atoms with van der Waals surface area (Å²) in [4.78, 5) is 33.7. The van der Waals surface area contributed by atoms with Crippen molar-refractivity contribution in [3.8, 4) is 0 Å². The van der Waals surface area contributed by atoms with Crippen molar-refractivity contribution in [2.75, 3.05) is 12.3 Å². The standard InChI is InChI=1S/C16H14ClN3O5/c17-12-4-2-1-3-11(12)8-19-15(21)9-25-16(22)10-5-6-13(18)14(7-10)20(23)24/h1-7H,8-9,18H2,(H,19,21). The maximum atomic E-state index is 11.9. The van der Waals surface area contributed by atoms with Crippen molar-refractivity contribution in [1.82, 2.24) is 5.32 Å². The molecule has 2 aromatic rings. The molecular formula is C16H14ClN3O5. The number of benzene rings is 2. The van der Waals surface area contributed by atoms with Gasteiger partial charge >= 0.3 is 5.97 Å². The Labute approximate surface area is 147 Å². The van der Waals surface area contributed by atoms with Gasteiger partial charge in [0.2, 0.25) is 0 Å². The monoisotopic (exact) mass is 363 g/mol. The number of nitrogens with one attached hydrogen (secondary N) is 1. The van der Waals surface area contributed by atoms with Crippen molar-refractivity contribution in [2.45, 2.75) is 6.54 Å². The normalized spacial score (nSPS) is 10.1. The zero-order chi connectivity index (χ0) is 18.4. The fourth-order valence-corrected chi connectivity index (χ4v) is 2.13. The highest BCUT2D eigenvalue weighted by Gasteiger charge is 2.17. The van der Waals surface area contributed by atoms with Gasteiger partial charge in [0.1, 0.15) is 5.69 Å². The molecule has 0 aromatic heterocycles. The molecule has 9 heteroatoms. The minimum Gasteiger partial charge on any atom is -0.452 e. The van der Waals surface area contributed by atoms with Gasteiger partial charge in [0.15, 0.2) is 6.61 Å². The van der Waals surface area contributed by atoms with Gasteiger partial charge in [0.05, 0.1) is 10.5 Å². The number of carbonyl (C=O) groups excluding carboxylic acids is 2. The van der Waals surface area contributed by atoms with Gasteiger partial charge < -0.3 is 15.8 Å². The van der Waals surface area contributed by atoms with E-state index in [1.807, 2.05) is 0 Å². The van der Waals surface area contributed by atoms with Gasteiger partial charge in [0, 0.05) is 17.6 Å². The van der Waals surface area contributed by atoms with Crippen LogP contribution >= 0.6 is 11.6 Å². The summed E-state index contributed by atoms with van der Waals surface area (Å²) in [6, 6.07) is 10.5. The topological polar surface area (TPSA) is 125 Å². The molecule has 130 valence electrons. The number of hydrogen-bond donors (Lipinski definition) is 2. The molecule has 8 nitrogen and oxygen atoms in total. The van der Waals surface area contributed by atoms with E-state index in [4.69, 9.17) is 22.1 Å². The summed E-state index contributed by atoms with van der Waals surface area (Å²) in [7, 11) is 0. The molecule has 0 bridgehead atoms. The molecule has 0 aliphatic carbocycles. The number of halogens is 1. The molecule has 0 spiro atoms. The predicted octanol–water partition coefficient (Wildman–Crippen LogP) is 2.30. The number of anilines is 1. The average Bonchev–Trinajstić information content (AvgIpc) is 2.59. The molecule has 0 aliphatic heterocycles. The number of esters is 1. The van der Waals surface area contributed by atoms with E-state index >= 15 is 0 Å². The molecule has 0 saturated carbocycles. The maximum Gasteiger partial charge on any atom is 0.338 e. The van der Waals surface area contributed by atoms with Crippen molar-refractivity contribution in [2.24, 2.45) is 0 Å². The van der Waals surface area contributed by atoms with Crippen LogP contribution in [-0.2, 0) is 16.1 Å². The molecule has 3 N–H and O–H groups in total. The van der Waals surface area contributed by atoms with Crippen molar-refractivity contribution in [1.29, 1.82) is 0 Å². The first kappa shape index (κ1) is 18.2. The van der Waals surface area contributed by atoms with E-state index in [1.165, 1.54) is 12.1 Å². The summed E-state index contributed by atoms with van der Waals surface area (Å²) in [5.41, 5.74) is 5.63. The third-order valence-electron chi connectivity index (χ3n) is 3.23. The fraction of sp³-hybridized carbons (Fsp3) is 0.125. The van der Waals surface area contributed by atoms with E-state index in [1.54, 1.807) is 24.3 Å². The van der Waals surface area contributed by atoms with Gasteiger partial charge in [0.25, 0.3) is 11.6 Å². The molecule has 0 saturated heterocycles. The van der Waals surface area contributed by atoms with Crippen molar-refractivity contribution in [3.05, 3.63) is 68.7 Å². The van der Waals surface area contributed by atoms with Crippen molar-refractivity contribution in [3.63, 3.8) is 0 Å². The first-order valence-corrected chi connectivity index (χ1v) is 7.47. The van der Waals surface area contributed by atoms with Crippen molar-refractivity contribution < 1.29 is 19.2 Å². The first-order valence-electron chi connectivity index (χ1n) is 7.09. The Morgan fingerprint density at radius 1 is 1.24 bits per heavy atom. The van der Waals surface area contributed by atoms with Crippen LogP contribution in [0.25, 0.3) is 0 Å². The van der Waals surface area contributed by atoms with Gasteiger partial charge in [-0.3, -0.25) is 14.9 Å². The van der Waals surface area contributed by atoms with Crippen LogP contribution in [0.2, 0.25) is 5.02 Å². The largest absolute Gasteiger partial charge is 0.452 e. The Morgan fingerprint density at radius 3 is 2.64 bits per heavy atom. The lowest BCUT2D eigenvalue weighted by molar-refractivity contribution is -0.383. The average molecular weight is 364 g/mol. The zero-order valence-corrected chi connectivity index (χ0v) is 13.7. The number of nitro groups is 1. The Bertz CT molecular complexity index is 825. The van der Waals surface area contributed by atoms with Crippen molar-refractivity contribution >= 4 is 34.9 Å². The van der Waals surface area contributed by atoms with Gasteiger partial charge in [-0.25, -0.2) is 4.79 Å². The molecule has 0 radical (unpaired) electrons. The number of nitrogens with zero attached hydrogens (tertiary/aromatic N) is 1. The maximum absolute atomic E-state index is 11.9. The van der Waals surface area contributed by atoms with E-state index < -0.39 is 29.1 Å². The molecule has 1 amide bonds. The second-order valence-corrected chi connectivity index (χ2v) is 5.38. The lowest BCUT2D eigenvalue weighted by Gasteiger charge is -2.08. The molecule has 0 atom stereocenters. The summed E-state index contributed by atoms with van der Waals surface area (Å²) < 4.78 is 4.84. The van der Waals surface area contributed by atoms with E-state index in [9.17, 15) is 19.7 Å². The number of amides is 1. The van der Waals surface area contributed by atoms with E-state index in [0.717, 1.165) is 11.6 Å². The number of nitrogens with two attached hydrogens (primary N) is 1. The smallest absolute Gasteiger partial charge is 0.338 e. The van der Waals surface area contributed by atoms with Gasteiger partial charge in [-0.15, -0.1) is 0 Å². The van der Waals surface area contributed by atoms with Crippen LogP contribution in [0, 0.1) is 10.1 Å². The van der Waals surface area contributed by atoms with Gasteiger partial charge in [-0.2, -0.15) is 0 Å². The number of carbonyl (C=O) groups is 2. The van der Waals surface area contributed by atoms with Gasteiger partial charge in [-0.1, -0.05) is 29.8 Å². The lowest BCUT2D eigenvalue weighted by atomic mass is 10.2. The van der Waals surface area contributed by atoms with Crippen LogP contribution in [0.1, 0.15) is 15.9 Å².